The van der Waals surface area contributed by atoms with Gasteiger partial charge in [-0.15, -0.1) is 0 Å². The van der Waals surface area contributed by atoms with Crippen molar-refractivity contribution in [1.82, 2.24) is 5.32 Å². The number of nitrogens with one attached hydrogen (secondary N) is 1. The second kappa shape index (κ2) is 5.91. The van der Waals surface area contributed by atoms with E-state index in [1.165, 1.54) is 5.56 Å². The molecule has 1 saturated heterocycles. The highest BCUT2D eigenvalue weighted by Crippen LogP contribution is 2.39. The highest BCUT2D eigenvalue weighted by atomic mass is 79.9. The smallest absolute Gasteiger partial charge is 0.0619 e. The lowest BCUT2D eigenvalue weighted by atomic mass is 9.76. The number of ether oxygens (including phenoxy) is 1. The summed E-state index contributed by atoms with van der Waals surface area (Å²) in [6.45, 7) is 3.97. The zero-order valence-electron chi connectivity index (χ0n) is 10.8. The van der Waals surface area contributed by atoms with Gasteiger partial charge in [0.2, 0.25) is 0 Å². The summed E-state index contributed by atoms with van der Waals surface area (Å²) < 4.78 is 6.79. The zero-order chi connectivity index (χ0) is 13.2. The Morgan fingerprint density at radius 1 is 1.56 bits per heavy atom. The standard InChI is InChI=1S/C14H19BrClNO/c1-10-14(9-17-2,5-6-18-10)8-11-3-4-12(15)7-13(11)16/h3-4,7,10,17H,5-6,8-9H2,1-2H3. The Morgan fingerprint density at radius 3 is 2.89 bits per heavy atom. The average Bonchev–Trinajstić information content (AvgIpc) is 2.65. The van der Waals surface area contributed by atoms with Crippen LogP contribution in [-0.2, 0) is 11.2 Å². The van der Waals surface area contributed by atoms with Gasteiger partial charge in [-0.2, -0.15) is 0 Å². The maximum Gasteiger partial charge on any atom is 0.0619 e. The van der Waals surface area contributed by atoms with Crippen molar-refractivity contribution in [3.8, 4) is 0 Å². The first-order valence-electron chi connectivity index (χ1n) is 6.27. The molecule has 1 N–H and O–H groups in total. The number of rotatable bonds is 4. The van der Waals surface area contributed by atoms with Gasteiger partial charge in [-0.25, -0.2) is 0 Å². The quantitative estimate of drug-likeness (QED) is 0.908. The molecule has 1 heterocycles. The van der Waals surface area contributed by atoms with E-state index in [4.69, 9.17) is 16.3 Å². The van der Waals surface area contributed by atoms with E-state index in [0.29, 0.717) is 0 Å². The van der Waals surface area contributed by atoms with Crippen LogP contribution < -0.4 is 5.32 Å². The molecule has 0 amide bonds. The SMILES string of the molecule is CNCC1(Cc2ccc(Br)cc2Cl)CCOC1C. The summed E-state index contributed by atoms with van der Waals surface area (Å²) in [5.74, 6) is 0. The van der Waals surface area contributed by atoms with Crippen molar-refractivity contribution >= 4 is 27.5 Å². The predicted octanol–water partition coefficient (Wildman–Crippen LogP) is 3.66. The summed E-state index contributed by atoms with van der Waals surface area (Å²) in [6.07, 6.45) is 2.31. The summed E-state index contributed by atoms with van der Waals surface area (Å²) in [7, 11) is 2.00. The third-order valence-corrected chi connectivity index (χ3v) is 4.76. The zero-order valence-corrected chi connectivity index (χ0v) is 13.1. The summed E-state index contributed by atoms with van der Waals surface area (Å²) in [6, 6.07) is 6.12. The lowest BCUT2D eigenvalue weighted by molar-refractivity contribution is 0.0640. The molecular formula is C14H19BrClNO. The lowest BCUT2D eigenvalue weighted by Gasteiger charge is -2.32. The van der Waals surface area contributed by atoms with Gasteiger partial charge in [0.05, 0.1) is 6.10 Å². The fourth-order valence-electron chi connectivity index (χ4n) is 2.74. The van der Waals surface area contributed by atoms with Gasteiger partial charge in [0.15, 0.2) is 0 Å². The Labute approximate surface area is 122 Å². The van der Waals surface area contributed by atoms with Gasteiger partial charge in [0, 0.05) is 28.1 Å². The maximum absolute atomic E-state index is 6.33. The maximum atomic E-state index is 6.33. The average molecular weight is 333 g/mol. The molecule has 1 aromatic rings. The number of hydrogen-bond acceptors (Lipinski definition) is 2. The van der Waals surface area contributed by atoms with Gasteiger partial charge >= 0.3 is 0 Å². The van der Waals surface area contributed by atoms with Crippen molar-refractivity contribution in [2.75, 3.05) is 20.2 Å². The molecule has 1 aliphatic rings. The van der Waals surface area contributed by atoms with Crippen molar-refractivity contribution in [2.24, 2.45) is 5.41 Å². The van der Waals surface area contributed by atoms with E-state index in [0.717, 1.165) is 35.5 Å². The van der Waals surface area contributed by atoms with Crippen molar-refractivity contribution < 1.29 is 4.74 Å². The molecule has 0 aliphatic carbocycles. The van der Waals surface area contributed by atoms with Crippen LogP contribution in [-0.4, -0.2) is 26.3 Å². The van der Waals surface area contributed by atoms with Gasteiger partial charge in [0.25, 0.3) is 0 Å². The highest BCUT2D eigenvalue weighted by Gasteiger charge is 2.41. The van der Waals surface area contributed by atoms with Gasteiger partial charge in [0.1, 0.15) is 0 Å². The first kappa shape index (κ1) is 14.3. The largest absolute Gasteiger partial charge is 0.378 e. The van der Waals surface area contributed by atoms with Crippen molar-refractivity contribution in [1.29, 1.82) is 0 Å². The van der Waals surface area contributed by atoms with Crippen LogP contribution in [0.5, 0.6) is 0 Å². The number of hydrogen-bond donors (Lipinski definition) is 1. The van der Waals surface area contributed by atoms with E-state index in [9.17, 15) is 0 Å². The minimum Gasteiger partial charge on any atom is -0.378 e. The summed E-state index contributed by atoms with van der Waals surface area (Å²) in [4.78, 5) is 0. The van der Waals surface area contributed by atoms with Crippen LogP contribution in [0.1, 0.15) is 18.9 Å². The van der Waals surface area contributed by atoms with Crippen molar-refractivity contribution in [3.05, 3.63) is 33.3 Å². The Kier molecular flexibility index (Phi) is 4.70. The van der Waals surface area contributed by atoms with Gasteiger partial charge in [-0.05, 0) is 44.5 Å². The molecule has 1 aliphatic heterocycles. The minimum absolute atomic E-state index is 0.159. The molecular weight excluding hydrogens is 314 g/mol. The molecule has 2 atom stereocenters. The van der Waals surface area contributed by atoms with Gasteiger partial charge < -0.3 is 10.1 Å². The molecule has 4 heteroatoms. The van der Waals surface area contributed by atoms with Crippen molar-refractivity contribution in [2.45, 2.75) is 25.9 Å². The van der Waals surface area contributed by atoms with Crippen molar-refractivity contribution in [3.63, 3.8) is 0 Å². The first-order valence-corrected chi connectivity index (χ1v) is 7.45. The molecule has 1 aromatic carbocycles. The van der Waals surface area contributed by atoms with Crippen LogP contribution in [0.3, 0.4) is 0 Å². The normalized spacial score (nSPS) is 27.7. The number of halogens is 2. The fraction of sp³-hybridized carbons (Fsp3) is 0.571. The first-order chi connectivity index (χ1) is 8.57. The van der Waals surface area contributed by atoms with E-state index < -0.39 is 0 Å². The van der Waals surface area contributed by atoms with E-state index in [2.05, 4.69) is 40.3 Å². The molecule has 0 bridgehead atoms. The number of benzene rings is 1. The molecule has 0 saturated carbocycles. The van der Waals surface area contributed by atoms with E-state index in [1.54, 1.807) is 0 Å². The molecule has 2 nitrogen and oxygen atoms in total. The molecule has 18 heavy (non-hydrogen) atoms. The van der Waals surface area contributed by atoms with Crippen LogP contribution in [0.2, 0.25) is 5.02 Å². The second-order valence-corrected chi connectivity index (χ2v) is 6.39. The highest BCUT2D eigenvalue weighted by molar-refractivity contribution is 9.10. The summed E-state index contributed by atoms with van der Waals surface area (Å²) in [5.41, 5.74) is 1.36. The Morgan fingerprint density at radius 2 is 2.33 bits per heavy atom. The fourth-order valence-corrected chi connectivity index (χ4v) is 3.48. The topological polar surface area (TPSA) is 21.3 Å². The monoisotopic (exact) mass is 331 g/mol. The van der Waals surface area contributed by atoms with Crippen LogP contribution in [0, 0.1) is 5.41 Å². The van der Waals surface area contributed by atoms with Gasteiger partial charge in [-0.3, -0.25) is 0 Å². The molecule has 0 aromatic heterocycles. The molecule has 2 unspecified atom stereocenters. The van der Waals surface area contributed by atoms with E-state index in [1.807, 2.05) is 13.1 Å². The summed E-state index contributed by atoms with van der Waals surface area (Å²) >= 11 is 9.77. The van der Waals surface area contributed by atoms with Crippen LogP contribution >= 0.6 is 27.5 Å². The molecule has 1 fully saturated rings. The predicted molar refractivity (Wildman–Crippen MR) is 79.2 cm³/mol. The van der Waals surface area contributed by atoms with Crippen LogP contribution in [0.15, 0.2) is 22.7 Å². The Balaban J connectivity index is 2.23. The molecule has 0 spiro atoms. The third kappa shape index (κ3) is 2.90. The third-order valence-electron chi connectivity index (χ3n) is 3.92. The van der Waals surface area contributed by atoms with E-state index in [-0.39, 0.29) is 11.5 Å². The Hall–Kier alpha value is -0.0900. The molecule has 2 rings (SSSR count). The Bertz CT molecular complexity index is 426. The van der Waals surface area contributed by atoms with Gasteiger partial charge in [-0.1, -0.05) is 33.6 Å². The van der Waals surface area contributed by atoms with E-state index >= 15 is 0 Å². The van der Waals surface area contributed by atoms with Crippen LogP contribution in [0.4, 0.5) is 0 Å². The molecule has 100 valence electrons. The summed E-state index contributed by atoms with van der Waals surface area (Å²) in [5, 5.41) is 4.13. The minimum atomic E-state index is 0.159. The molecule has 0 radical (unpaired) electrons. The van der Waals surface area contributed by atoms with Crippen LogP contribution in [0.25, 0.3) is 0 Å². The second-order valence-electron chi connectivity index (χ2n) is 5.07. The lowest BCUT2D eigenvalue weighted by Crippen LogP contribution is -2.40.